The molecular weight excluding hydrogens is 152 g/mol. The Morgan fingerprint density at radius 2 is 1.91 bits per heavy atom. The first kappa shape index (κ1) is 7.81. The van der Waals surface area contributed by atoms with E-state index >= 15 is 0 Å². The van der Waals surface area contributed by atoms with Crippen molar-refractivity contribution >= 4 is 9.52 Å². The minimum atomic E-state index is 0.154. The molecule has 0 amide bonds. The molecule has 0 aromatic rings. The quantitative estimate of drug-likeness (QED) is 0.573. The average molecular weight is 170 g/mol. The predicted octanol–water partition coefficient (Wildman–Crippen LogP) is 1.65. The van der Waals surface area contributed by atoms with E-state index in [1.165, 1.54) is 38.5 Å². The molecule has 1 atom stereocenters. The average Bonchev–Trinajstić information content (AvgIpc) is 1.99. The zero-order valence-electron chi connectivity index (χ0n) is 7.22. The zero-order chi connectivity index (χ0) is 7.52. The third kappa shape index (κ3) is 2.06. The summed E-state index contributed by atoms with van der Waals surface area (Å²) in [5.41, 5.74) is 1.94. The van der Waals surface area contributed by atoms with Gasteiger partial charge in [-0.2, -0.15) is 0 Å². The maximum atomic E-state index is 5.75. The van der Waals surface area contributed by atoms with E-state index < -0.39 is 0 Å². The van der Waals surface area contributed by atoms with Crippen LogP contribution in [0.2, 0.25) is 5.54 Å². The van der Waals surface area contributed by atoms with Gasteiger partial charge in [0.05, 0.1) is 9.52 Å². The molecule has 1 saturated carbocycles. The molecule has 0 radical (unpaired) electrons. The van der Waals surface area contributed by atoms with Gasteiger partial charge in [0, 0.05) is 12.3 Å². The standard InChI is InChI=1S/C9H18OSi/c1-2-7-10-9(6-1)11-8-4-3-5-8/h8-9H,1-7,11H2. The Morgan fingerprint density at radius 3 is 2.45 bits per heavy atom. The van der Waals surface area contributed by atoms with Crippen LogP contribution in [-0.4, -0.2) is 21.9 Å². The van der Waals surface area contributed by atoms with Crippen LogP contribution in [-0.2, 0) is 4.74 Å². The number of ether oxygens (including phenoxy) is 1. The van der Waals surface area contributed by atoms with Crippen molar-refractivity contribution in [2.75, 3.05) is 6.61 Å². The second-order valence-electron chi connectivity index (χ2n) is 4.02. The highest BCUT2D eigenvalue weighted by Gasteiger charge is 2.24. The normalized spacial score (nSPS) is 34.4. The maximum absolute atomic E-state index is 5.75. The summed E-state index contributed by atoms with van der Waals surface area (Å²) in [5, 5.41) is 0. The van der Waals surface area contributed by atoms with Gasteiger partial charge >= 0.3 is 0 Å². The molecule has 0 spiro atoms. The van der Waals surface area contributed by atoms with Gasteiger partial charge in [-0.15, -0.1) is 0 Å². The van der Waals surface area contributed by atoms with Crippen LogP contribution in [0.4, 0.5) is 0 Å². The molecular formula is C9H18OSi. The highest BCUT2D eigenvalue weighted by molar-refractivity contribution is 6.39. The van der Waals surface area contributed by atoms with E-state index in [4.69, 9.17) is 4.74 Å². The molecule has 2 fully saturated rings. The lowest BCUT2D eigenvalue weighted by atomic mass is 10.00. The molecule has 1 nitrogen and oxygen atoms in total. The lowest BCUT2D eigenvalue weighted by molar-refractivity contribution is 0.0635. The van der Waals surface area contributed by atoms with Crippen molar-refractivity contribution in [3.63, 3.8) is 0 Å². The number of hydrogen-bond acceptors (Lipinski definition) is 1. The van der Waals surface area contributed by atoms with Gasteiger partial charge in [-0.3, -0.25) is 0 Å². The van der Waals surface area contributed by atoms with E-state index in [9.17, 15) is 0 Å². The minimum Gasteiger partial charge on any atom is -0.382 e. The van der Waals surface area contributed by atoms with E-state index in [0.717, 1.165) is 17.9 Å². The molecule has 0 bridgehead atoms. The first-order valence-electron chi connectivity index (χ1n) is 5.07. The highest BCUT2D eigenvalue weighted by Crippen LogP contribution is 2.33. The van der Waals surface area contributed by atoms with Crippen LogP contribution in [0.1, 0.15) is 38.5 Å². The van der Waals surface area contributed by atoms with Crippen molar-refractivity contribution < 1.29 is 4.74 Å². The molecule has 1 aliphatic heterocycles. The highest BCUT2D eigenvalue weighted by atomic mass is 28.2. The van der Waals surface area contributed by atoms with Crippen molar-refractivity contribution in [1.82, 2.24) is 0 Å². The summed E-state index contributed by atoms with van der Waals surface area (Å²) in [7, 11) is 0.154. The van der Waals surface area contributed by atoms with E-state index in [1.807, 2.05) is 0 Å². The largest absolute Gasteiger partial charge is 0.382 e. The van der Waals surface area contributed by atoms with Gasteiger partial charge in [0.1, 0.15) is 0 Å². The fourth-order valence-electron chi connectivity index (χ4n) is 2.09. The van der Waals surface area contributed by atoms with E-state index in [1.54, 1.807) is 0 Å². The van der Waals surface area contributed by atoms with Crippen molar-refractivity contribution in [2.24, 2.45) is 0 Å². The van der Waals surface area contributed by atoms with Crippen LogP contribution in [0.3, 0.4) is 0 Å². The molecule has 1 aliphatic carbocycles. The predicted molar refractivity (Wildman–Crippen MR) is 49.7 cm³/mol. The van der Waals surface area contributed by atoms with Crippen LogP contribution in [0, 0.1) is 0 Å². The van der Waals surface area contributed by atoms with Gasteiger partial charge in [0.25, 0.3) is 0 Å². The Kier molecular flexibility index (Phi) is 2.64. The Balaban J connectivity index is 1.67. The van der Waals surface area contributed by atoms with Crippen LogP contribution in [0.15, 0.2) is 0 Å². The maximum Gasteiger partial charge on any atom is 0.0586 e. The molecule has 2 heteroatoms. The zero-order valence-corrected chi connectivity index (χ0v) is 8.63. The van der Waals surface area contributed by atoms with Gasteiger partial charge in [-0.25, -0.2) is 0 Å². The third-order valence-corrected chi connectivity index (χ3v) is 5.75. The van der Waals surface area contributed by atoms with Crippen molar-refractivity contribution in [3.05, 3.63) is 0 Å². The summed E-state index contributed by atoms with van der Waals surface area (Å²) < 4.78 is 5.75. The van der Waals surface area contributed by atoms with Gasteiger partial charge in [-0.05, 0) is 24.8 Å². The summed E-state index contributed by atoms with van der Waals surface area (Å²) >= 11 is 0. The molecule has 64 valence electrons. The van der Waals surface area contributed by atoms with Gasteiger partial charge in [-0.1, -0.05) is 19.3 Å². The molecule has 1 heterocycles. The molecule has 2 rings (SSSR count). The van der Waals surface area contributed by atoms with Crippen LogP contribution in [0.5, 0.6) is 0 Å². The lowest BCUT2D eigenvalue weighted by Crippen LogP contribution is -2.30. The smallest absolute Gasteiger partial charge is 0.0586 e. The number of rotatable bonds is 2. The molecule has 2 aliphatic rings. The Labute approximate surface area is 71.3 Å². The monoisotopic (exact) mass is 170 g/mol. The second-order valence-corrected chi connectivity index (χ2v) is 6.56. The summed E-state index contributed by atoms with van der Waals surface area (Å²) in [6, 6.07) is 0. The second kappa shape index (κ2) is 3.72. The van der Waals surface area contributed by atoms with Crippen LogP contribution in [0.25, 0.3) is 0 Å². The molecule has 1 unspecified atom stereocenters. The van der Waals surface area contributed by atoms with Gasteiger partial charge in [0.2, 0.25) is 0 Å². The fourth-order valence-corrected chi connectivity index (χ4v) is 4.71. The first-order chi connectivity index (χ1) is 5.45. The summed E-state index contributed by atoms with van der Waals surface area (Å²) in [4.78, 5) is 0. The topological polar surface area (TPSA) is 9.23 Å². The first-order valence-corrected chi connectivity index (χ1v) is 6.70. The summed E-state index contributed by atoms with van der Waals surface area (Å²) in [6.07, 6.45) is 8.71. The molecule has 0 aromatic carbocycles. The van der Waals surface area contributed by atoms with E-state index in [0.29, 0.717) is 0 Å². The van der Waals surface area contributed by atoms with Gasteiger partial charge in [0.15, 0.2) is 0 Å². The third-order valence-electron chi connectivity index (χ3n) is 3.09. The van der Waals surface area contributed by atoms with Crippen LogP contribution < -0.4 is 0 Å². The van der Waals surface area contributed by atoms with Crippen molar-refractivity contribution in [1.29, 1.82) is 0 Å². The van der Waals surface area contributed by atoms with Crippen molar-refractivity contribution in [3.8, 4) is 0 Å². The summed E-state index contributed by atoms with van der Waals surface area (Å²) in [6.45, 7) is 1.06. The van der Waals surface area contributed by atoms with E-state index in [2.05, 4.69) is 0 Å². The molecule has 1 saturated heterocycles. The molecule has 0 N–H and O–H groups in total. The fraction of sp³-hybridized carbons (Fsp3) is 1.00. The summed E-state index contributed by atoms with van der Waals surface area (Å²) in [5.74, 6) is 0. The van der Waals surface area contributed by atoms with Crippen molar-refractivity contribution in [2.45, 2.75) is 49.8 Å². The SMILES string of the molecule is C1CCC([SiH2]C2CCC2)OC1. The van der Waals surface area contributed by atoms with Crippen LogP contribution >= 0.6 is 0 Å². The van der Waals surface area contributed by atoms with Gasteiger partial charge < -0.3 is 4.74 Å². The molecule has 11 heavy (non-hydrogen) atoms. The molecule has 0 aromatic heterocycles. The minimum absolute atomic E-state index is 0.154. The Bertz CT molecular complexity index is 117. The Hall–Kier alpha value is 0.177. The van der Waals surface area contributed by atoms with E-state index in [-0.39, 0.29) is 9.52 Å². The Morgan fingerprint density at radius 1 is 1.00 bits per heavy atom. The number of hydrogen-bond donors (Lipinski definition) is 0. The lowest BCUT2D eigenvalue weighted by Gasteiger charge is -2.31.